The van der Waals surface area contributed by atoms with Gasteiger partial charge in [0.05, 0.1) is 4.90 Å². The summed E-state index contributed by atoms with van der Waals surface area (Å²) in [6.45, 7) is 0. The van der Waals surface area contributed by atoms with Gasteiger partial charge in [0.2, 0.25) is 0 Å². The van der Waals surface area contributed by atoms with Crippen molar-refractivity contribution in [3.8, 4) is 5.75 Å². The van der Waals surface area contributed by atoms with Crippen LogP contribution in [0.5, 0.6) is 5.75 Å². The molecule has 0 heterocycles. The van der Waals surface area contributed by atoms with Gasteiger partial charge in [0, 0.05) is 22.2 Å². The van der Waals surface area contributed by atoms with Crippen LogP contribution in [0.1, 0.15) is 5.56 Å². The van der Waals surface area contributed by atoms with Crippen LogP contribution in [-0.4, -0.2) is 19.4 Å². The molecule has 0 aromatic heterocycles. The lowest BCUT2D eigenvalue weighted by Gasteiger charge is -2.14. The van der Waals surface area contributed by atoms with Gasteiger partial charge in [-0.2, -0.15) is 12.8 Å². The zero-order valence-corrected chi connectivity index (χ0v) is 17.9. The number of hydrogen-bond acceptors (Lipinski definition) is 4. The third-order valence-corrected chi connectivity index (χ3v) is 7.50. The quantitative estimate of drug-likeness (QED) is 0.239. The number of rotatable bonds is 3. The molecule has 2 aromatic carbocycles. The first-order valence-electron chi connectivity index (χ1n) is 5.66. The molecule has 0 saturated heterocycles. The molecule has 0 fully saturated rings. The van der Waals surface area contributed by atoms with Gasteiger partial charge in [0.1, 0.15) is 5.75 Å². The molecule has 2 aromatic rings. The fourth-order valence-corrected chi connectivity index (χ4v) is 4.83. The Kier molecular flexibility index (Phi) is 5.93. The Hall–Kier alpha value is -0.150. The molecule has 0 spiro atoms. The molecule has 2 rings (SSSR count). The summed E-state index contributed by atoms with van der Waals surface area (Å²) in [7, 11) is -4.11. The summed E-state index contributed by atoms with van der Waals surface area (Å²) < 4.78 is 30.0. The van der Waals surface area contributed by atoms with E-state index < -0.39 is 15.9 Å². The zero-order chi connectivity index (χ0) is 16.5. The van der Waals surface area contributed by atoms with Crippen molar-refractivity contribution in [2.75, 3.05) is 0 Å². The molecule has 1 N–H and O–H groups in total. The van der Waals surface area contributed by atoms with E-state index >= 15 is 0 Å². The topological polar surface area (TPSA) is 89.8 Å². The lowest BCUT2D eigenvalue weighted by Crippen LogP contribution is -2.22. The van der Waals surface area contributed by atoms with E-state index in [4.69, 9.17) is 0 Å². The number of aromatic hydroxyl groups is 1. The van der Waals surface area contributed by atoms with Crippen molar-refractivity contribution in [2.45, 2.75) is 4.90 Å². The second-order valence-electron chi connectivity index (χ2n) is 4.11. The normalized spacial score (nSPS) is 12.4. The minimum Gasteiger partial charge on any atom is -0.858 e. The predicted molar refractivity (Wildman–Crippen MR) is 106 cm³/mol. The minimum atomic E-state index is -4.11. The average molecular weight is 654 g/mol. The van der Waals surface area contributed by atoms with E-state index in [0.29, 0.717) is 3.57 Å². The van der Waals surface area contributed by atoms with E-state index in [0.717, 1.165) is 7.14 Å². The van der Waals surface area contributed by atoms with E-state index in [2.05, 4.69) is 49.6 Å². The molecule has 0 saturated carbocycles. The van der Waals surface area contributed by atoms with Crippen LogP contribution in [0.25, 0.3) is 0 Å². The Balaban J connectivity index is 2.50. The second-order valence-corrected chi connectivity index (χ2v) is 9.21. The lowest BCUT2D eigenvalue weighted by atomic mass is 10.2. The van der Waals surface area contributed by atoms with Gasteiger partial charge in [-0.15, -0.1) is 0 Å². The molecule has 0 unspecified atom stereocenters. The van der Waals surface area contributed by atoms with Crippen LogP contribution >= 0.6 is 67.8 Å². The summed E-state index contributed by atoms with van der Waals surface area (Å²) in [4.78, 5) is -0.144. The standard InChI is InChI=1S/C13H8I3NO4S/c14-7-5-10(12(16)11(15)6-7)13(19)17-22(20,21)9-3-1-8(18)2-4-9/h1-6,18H,(H,17,19)/p-1. The van der Waals surface area contributed by atoms with Crippen molar-refractivity contribution >= 4 is 83.7 Å². The molecular weight excluding hydrogens is 647 g/mol. The number of sulfonamides is 1. The van der Waals surface area contributed by atoms with Gasteiger partial charge in [-0.25, -0.2) is 0 Å². The van der Waals surface area contributed by atoms with Crippen molar-refractivity contribution in [1.82, 2.24) is 0 Å². The number of phenols is 1. The highest BCUT2D eigenvalue weighted by Gasteiger charge is 2.14. The van der Waals surface area contributed by atoms with Crippen LogP contribution in [0, 0.1) is 10.7 Å². The number of hydrogen-bond donors (Lipinski definition) is 1. The maximum Gasteiger partial charge on any atom is 0.281 e. The summed E-state index contributed by atoms with van der Waals surface area (Å²) >= 11 is 6.12. The van der Waals surface area contributed by atoms with Crippen LogP contribution in [-0.2, 0) is 10.0 Å². The van der Waals surface area contributed by atoms with Crippen molar-refractivity contribution in [2.24, 2.45) is 4.40 Å². The van der Waals surface area contributed by atoms with Crippen LogP contribution in [0.4, 0.5) is 0 Å². The highest BCUT2D eigenvalue weighted by atomic mass is 127. The fourth-order valence-electron chi connectivity index (χ4n) is 1.54. The monoisotopic (exact) mass is 654 g/mol. The molecule has 0 atom stereocenters. The lowest BCUT2D eigenvalue weighted by molar-refractivity contribution is -0.212. The Bertz CT molecular complexity index is 848. The molecule has 22 heavy (non-hydrogen) atoms. The predicted octanol–water partition coefficient (Wildman–Crippen LogP) is 2.70. The molecule has 0 bridgehead atoms. The van der Waals surface area contributed by atoms with Crippen LogP contribution in [0.15, 0.2) is 45.7 Å². The molecule has 0 amide bonds. The molecule has 0 aliphatic carbocycles. The molecule has 116 valence electrons. The molecule has 0 aliphatic heterocycles. The largest absolute Gasteiger partial charge is 0.858 e. The maximum absolute atomic E-state index is 12.2. The molecular formula is C13H7I3NO4S-. The van der Waals surface area contributed by atoms with E-state index in [9.17, 15) is 18.6 Å². The van der Waals surface area contributed by atoms with Gasteiger partial charge in [-0.3, -0.25) is 0 Å². The van der Waals surface area contributed by atoms with E-state index in [-0.39, 0.29) is 16.2 Å². The van der Waals surface area contributed by atoms with Crippen LogP contribution in [0.3, 0.4) is 0 Å². The highest BCUT2D eigenvalue weighted by Crippen LogP contribution is 2.23. The molecule has 9 heteroatoms. The number of halogens is 3. The fraction of sp³-hybridized carbons (Fsp3) is 0. The summed E-state index contributed by atoms with van der Waals surface area (Å²) in [6.07, 6.45) is 0. The van der Waals surface area contributed by atoms with Crippen molar-refractivity contribution < 1.29 is 18.6 Å². The first-order chi connectivity index (χ1) is 10.2. The second kappa shape index (κ2) is 7.17. The van der Waals surface area contributed by atoms with Gasteiger partial charge < -0.3 is 10.2 Å². The third kappa shape index (κ3) is 4.23. The van der Waals surface area contributed by atoms with E-state index in [1.54, 1.807) is 6.07 Å². The zero-order valence-electron chi connectivity index (χ0n) is 10.6. The Morgan fingerprint density at radius 2 is 1.68 bits per heavy atom. The van der Waals surface area contributed by atoms with Gasteiger partial charge in [0.25, 0.3) is 10.0 Å². The Morgan fingerprint density at radius 3 is 2.27 bits per heavy atom. The van der Waals surface area contributed by atoms with Crippen LogP contribution in [0.2, 0.25) is 0 Å². The van der Waals surface area contributed by atoms with Crippen LogP contribution < -0.4 is 5.11 Å². The van der Waals surface area contributed by atoms with Gasteiger partial charge in [-0.05, 0) is 104 Å². The van der Waals surface area contributed by atoms with Crippen molar-refractivity contribution in [3.05, 3.63) is 52.7 Å². The first kappa shape index (κ1) is 18.2. The molecule has 5 nitrogen and oxygen atoms in total. The number of nitrogens with zero attached hydrogens (tertiary/aromatic N) is 1. The Labute approximate surface area is 168 Å². The first-order valence-corrected chi connectivity index (χ1v) is 10.3. The van der Waals surface area contributed by atoms with Crippen molar-refractivity contribution in [3.63, 3.8) is 0 Å². The SMILES string of the molecule is O=S(=O)(/N=C(\[O-])c1cc(I)cc(I)c1I)c1ccc(O)cc1. The van der Waals surface area contributed by atoms with Gasteiger partial charge in [-0.1, -0.05) is 0 Å². The Morgan fingerprint density at radius 1 is 1.09 bits per heavy atom. The highest BCUT2D eigenvalue weighted by molar-refractivity contribution is 14.1. The maximum atomic E-state index is 12.2. The molecule has 0 radical (unpaired) electrons. The summed E-state index contributed by atoms with van der Waals surface area (Å²) in [6, 6.07) is 8.34. The average Bonchev–Trinajstić information content (AvgIpc) is 2.42. The minimum absolute atomic E-state index is 0.0630. The number of phenolic OH excluding ortho intramolecular Hbond substituents is 1. The molecule has 0 aliphatic rings. The van der Waals surface area contributed by atoms with Gasteiger partial charge >= 0.3 is 0 Å². The smallest absolute Gasteiger partial charge is 0.281 e. The van der Waals surface area contributed by atoms with E-state index in [1.807, 2.05) is 28.7 Å². The number of benzene rings is 2. The summed E-state index contributed by atoms with van der Waals surface area (Å²) in [5.41, 5.74) is 0.249. The van der Waals surface area contributed by atoms with Gasteiger partial charge in [0.15, 0.2) is 0 Å². The van der Waals surface area contributed by atoms with E-state index in [1.165, 1.54) is 24.3 Å². The third-order valence-electron chi connectivity index (χ3n) is 2.56. The summed E-state index contributed by atoms with van der Waals surface area (Å²) in [5.74, 6) is -0.874. The van der Waals surface area contributed by atoms with Crippen molar-refractivity contribution in [1.29, 1.82) is 0 Å². The summed E-state index contributed by atoms with van der Waals surface area (Å²) in [5, 5.41) is 21.4.